The van der Waals surface area contributed by atoms with Crippen LogP contribution in [0, 0.1) is 11.8 Å². The number of benzene rings is 1. The van der Waals surface area contributed by atoms with E-state index >= 15 is 4.79 Å². The topological polar surface area (TPSA) is 71.1 Å². The predicted octanol–water partition coefficient (Wildman–Crippen LogP) is 12.9. The Bertz CT molecular complexity index is 1550. The van der Waals surface area contributed by atoms with Crippen LogP contribution in [0.1, 0.15) is 116 Å². The molecular weight excluding hydrogens is 848 g/mol. The summed E-state index contributed by atoms with van der Waals surface area (Å²) in [7, 11) is -6.26. The first-order valence-electron chi connectivity index (χ1n) is 22.8. The van der Waals surface area contributed by atoms with Crippen LogP contribution in [0.2, 0.25) is 60.2 Å². The number of hydrogen-bond acceptors (Lipinski definition) is 6. The van der Waals surface area contributed by atoms with Gasteiger partial charge in [-0.3, -0.25) is 0 Å². The Morgan fingerprint density at radius 2 is 1.32 bits per heavy atom. The van der Waals surface area contributed by atoms with Crippen molar-refractivity contribution < 1.29 is 27.6 Å². The van der Waals surface area contributed by atoms with E-state index in [-0.39, 0.29) is 36.4 Å². The van der Waals surface area contributed by atoms with Crippen LogP contribution >= 0.6 is 0 Å². The number of ether oxygens (including phenoxy) is 1. The Labute approximate surface area is 371 Å². The van der Waals surface area contributed by atoms with Crippen LogP contribution < -0.4 is 4.46 Å². The number of rotatable bonds is 15. The molecule has 0 spiro atoms. The summed E-state index contributed by atoms with van der Waals surface area (Å²) in [6.07, 6.45) is 15.2. The van der Waals surface area contributed by atoms with Crippen molar-refractivity contribution in [1.82, 2.24) is 0 Å². The molecule has 2 rings (SSSR count). The Morgan fingerprint density at radius 1 is 0.797 bits per heavy atom. The van der Waals surface area contributed by atoms with Gasteiger partial charge in [-0.2, -0.15) is 0 Å². The number of ketones is 1. The van der Waals surface area contributed by atoms with E-state index in [9.17, 15) is 4.79 Å². The molecule has 0 amide bonds. The molecule has 0 bridgehead atoms. The van der Waals surface area contributed by atoms with Crippen LogP contribution in [0.5, 0.6) is 0 Å². The van der Waals surface area contributed by atoms with Gasteiger partial charge in [-0.05, 0) is 0 Å². The zero-order chi connectivity index (χ0) is 44.7. The van der Waals surface area contributed by atoms with Crippen molar-refractivity contribution in [2.75, 3.05) is 0 Å². The van der Waals surface area contributed by atoms with E-state index < -0.39 is 61.7 Å². The van der Waals surface area contributed by atoms with Gasteiger partial charge in [-0.25, -0.2) is 0 Å². The molecule has 6 nitrogen and oxygen atoms in total. The van der Waals surface area contributed by atoms with Gasteiger partial charge in [0.25, 0.3) is 0 Å². The normalized spacial score (nSPS) is 27.9. The Morgan fingerprint density at radius 3 is 1.81 bits per heavy atom. The minimum absolute atomic E-state index is 0.0210. The van der Waals surface area contributed by atoms with Crippen molar-refractivity contribution in [2.24, 2.45) is 11.8 Å². The fourth-order valence-corrected chi connectivity index (χ4v) is 17.5. The predicted molar refractivity (Wildman–Crippen MR) is 260 cm³/mol. The van der Waals surface area contributed by atoms with Gasteiger partial charge in [0.1, 0.15) is 0 Å². The molecule has 1 aliphatic rings. The van der Waals surface area contributed by atoms with E-state index in [1.165, 1.54) is 11.1 Å². The van der Waals surface area contributed by atoms with Crippen LogP contribution in [0.3, 0.4) is 0 Å². The van der Waals surface area contributed by atoms with Gasteiger partial charge in [-0.15, -0.1) is 0 Å². The molecule has 334 valence electrons. The molecule has 0 saturated heterocycles. The van der Waals surface area contributed by atoms with Crippen LogP contribution in [-0.2, 0) is 27.6 Å². The summed E-state index contributed by atoms with van der Waals surface area (Å²) >= 11 is -0.590. The molecule has 0 fully saturated rings. The molecule has 6 atom stereocenters. The second-order valence-corrected chi connectivity index (χ2v) is 35.7. The summed E-state index contributed by atoms with van der Waals surface area (Å²) in [6.45, 7) is 34.5. The molecule has 0 radical (unpaired) electrons. The van der Waals surface area contributed by atoms with E-state index in [4.69, 9.17) is 18.0 Å². The van der Waals surface area contributed by atoms with E-state index in [1.54, 1.807) is 0 Å². The zero-order valence-corrected chi connectivity index (χ0v) is 44.9. The zero-order valence-electron chi connectivity index (χ0n) is 40.2. The van der Waals surface area contributed by atoms with Crippen LogP contribution in [0.15, 0.2) is 77.9 Å². The third kappa shape index (κ3) is 16.5. The molecule has 1 aromatic carbocycles. The average molecular weight is 932 g/mol. The second kappa shape index (κ2) is 24.3. The molecule has 10 heteroatoms. The second-order valence-electron chi connectivity index (χ2n) is 18.9. The molecule has 1 aromatic rings. The van der Waals surface area contributed by atoms with Gasteiger partial charge in [0.2, 0.25) is 0 Å². The molecule has 0 saturated carbocycles. The van der Waals surface area contributed by atoms with Crippen molar-refractivity contribution in [3.8, 4) is 0 Å². The molecule has 1 unspecified atom stereocenters. The third-order valence-corrected chi connectivity index (χ3v) is 25.5. The third-order valence-electron chi connectivity index (χ3n) is 12.3. The molecule has 59 heavy (non-hydrogen) atoms. The number of esters is 1. The molecule has 0 aliphatic heterocycles. The van der Waals surface area contributed by atoms with Crippen LogP contribution in [0.4, 0.5) is 0 Å². The molecular formula is C49H84O6SeSi3. The Balaban J connectivity index is 3.05. The van der Waals surface area contributed by atoms with Crippen molar-refractivity contribution >= 4 is 56.1 Å². The van der Waals surface area contributed by atoms with E-state index in [1.807, 2.05) is 58.0 Å². The quantitative estimate of drug-likeness (QED) is 0.0755. The Hall–Kier alpha value is -1.63. The summed E-state index contributed by atoms with van der Waals surface area (Å²) in [4.78, 5) is 30.6. The number of carbonyl (C=O) groups is 2. The molecule has 0 aromatic heterocycles. The SMILES string of the molecule is CC[Si](CC)(CC)O[C@H]1/C=C/CC([Se]c2ccccc2)(C(=O)OC(C)(C)C)C(=O)[C@H](C)[C@@H](O[Si](C)(C)C)CC/C(C)=C/C/C=C(C)/C=C/[C@@H](O[Si](CC)(CC)CC)[C@@H]1C. The fourth-order valence-electron chi connectivity index (χ4n) is 7.88. The summed E-state index contributed by atoms with van der Waals surface area (Å²) in [5.74, 6) is -1.11. The average Bonchev–Trinajstić information content (AvgIpc) is 3.19. The van der Waals surface area contributed by atoms with E-state index in [2.05, 4.69) is 118 Å². The van der Waals surface area contributed by atoms with E-state index in [0.717, 1.165) is 53.6 Å². The first-order valence-corrected chi connectivity index (χ1v) is 33.0. The monoisotopic (exact) mass is 932 g/mol. The van der Waals surface area contributed by atoms with Crippen molar-refractivity contribution in [3.63, 3.8) is 0 Å². The van der Waals surface area contributed by atoms with Gasteiger partial charge in [0.05, 0.1) is 0 Å². The molecule has 0 heterocycles. The molecule has 0 N–H and O–H groups in total. The fraction of sp³-hybridized carbons (Fsp3) is 0.673. The molecule has 1 aliphatic carbocycles. The number of carbonyl (C=O) groups excluding carboxylic acids is 2. The number of hydrogen-bond donors (Lipinski definition) is 0. The summed E-state index contributed by atoms with van der Waals surface area (Å²) in [5, 5.41) is 0. The maximum atomic E-state index is 15.6. The summed E-state index contributed by atoms with van der Waals surface area (Å²) in [6, 6.07) is 16.2. The van der Waals surface area contributed by atoms with Crippen molar-refractivity contribution in [1.29, 1.82) is 0 Å². The van der Waals surface area contributed by atoms with Gasteiger partial charge < -0.3 is 0 Å². The van der Waals surface area contributed by atoms with Crippen LogP contribution in [-0.4, -0.2) is 75.6 Å². The maximum absolute atomic E-state index is 15.6. The van der Waals surface area contributed by atoms with E-state index in [0.29, 0.717) is 6.42 Å². The van der Waals surface area contributed by atoms with Crippen molar-refractivity contribution in [3.05, 3.63) is 77.9 Å². The van der Waals surface area contributed by atoms with Crippen molar-refractivity contribution in [2.45, 2.75) is 200 Å². The first-order chi connectivity index (χ1) is 27.6. The van der Waals surface area contributed by atoms with Crippen LogP contribution in [0.25, 0.3) is 0 Å². The van der Waals surface area contributed by atoms with Gasteiger partial charge >= 0.3 is 373 Å². The minimum atomic E-state index is -2.13. The standard InChI is InChI=1S/C49H84O6SeSi3/c1-17-58(18-2,19-3)54-43-32-27-37-49(47(51)52-48(11,12)13,56-42-30-24-23-25-31-42)46(50)41(10)45(53-57(14,15)16)36-34-39(8)29-26-28-38(7)33-35-44(40(43)9)55-59(20-4,21-5)22-6/h23-25,27-33,35,40-41,43-45H,17-22,26,34,36-37H2,1-16H3/b32-27+,35-33+,38-28+,39-29+/t40-,41-,43+,44-,45+,49?/m1/s1. The summed E-state index contributed by atoms with van der Waals surface area (Å²) in [5.41, 5.74) is 1.70. The first kappa shape index (κ1) is 53.5. The number of allylic oxidation sites excluding steroid dienone is 6. The van der Waals surface area contributed by atoms with Gasteiger partial charge in [0.15, 0.2) is 0 Å². The van der Waals surface area contributed by atoms with Gasteiger partial charge in [-0.1, -0.05) is 0 Å². The number of Topliss-reactive ketones (excluding diaryl/α,β-unsaturated/α-hetero) is 1. The van der Waals surface area contributed by atoms with Gasteiger partial charge in [0, 0.05) is 0 Å². The Kier molecular flexibility index (Phi) is 22.0. The summed E-state index contributed by atoms with van der Waals surface area (Å²) < 4.78 is 27.6.